The fraction of sp³-hybridized carbons (Fsp3) is 0.500. The van der Waals surface area contributed by atoms with E-state index in [1.807, 2.05) is 13.0 Å². The van der Waals surface area contributed by atoms with Gasteiger partial charge in [-0.3, -0.25) is 4.79 Å². The van der Waals surface area contributed by atoms with Crippen LogP contribution in [0.15, 0.2) is 6.07 Å². The number of carboxylic acids is 1. The van der Waals surface area contributed by atoms with Crippen LogP contribution in [0.1, 0.15) is 34.3 Å². The molecule has 0 unspecified atom stereocenters. The van der Waals surface area contributed by atoms with Gasteiger partial charge in [0.1, 0.15) is 5.75 Å². The SMILES string of the molecule is CCCc1cc(OCC(=O)N(C)CCC#N)c(C(=O)O)s1. The smallest absolute Gasteiger partial charge is 0.349 e. The van der Waals surface area contributed by atoms with E-state index in [1.54, 1.807) is 13.1 Å². The molecule has 1 N–H and O–H groups in total. The molecule has 0 bridgehead atoms. The van der Waals surface area contributed by atoms with Crippen LogP contribution in [0.3, 0.4) is 0 Å². The van der Waals surface area contributed by atoms with Gasteiger partial charge in [0.05, 0.1) is 12.5 Å². The van der Waals surface area contributed by atoms with Crippen LogP contribution in [0.5, 0.6) is 5.75 Å². The molecule has 1 amide bonds. The molecule has 21 heavy (non-hydrogen) atoms. The van der Waals surface area contributed by atoms with E-state index in [-0.39, 0.29) is 29.6 Å². The molecule has 0 saturated carbocycles. The first-order chi connectivity index (χ1) is 9.99. The van der Waals surface area contributed by atoms with Crippen molar-refractivity contribution in [3.05, 3.63) is 15.8 Å². The average molecular weight is 310 g/mol. The molecule has 0 aliphatic carbocycles. The minimum Gasteiger partial charge on any atom is -0.482 e. The number of nitriles is 1. The van der Waals surface area contributed by atoms with Crippen LogP contribution >= 0.6 is 11.3 Å². The van der Waals surface area contributed by atoms with E-state index >= 15 is 0 Å². The predicted octanol–water partition coefficient (Wildman–Crippen LogP) is 2.15. The molecule has 7 heteroatoms. The summed E-state index contributed by atoms with van der Waals surface area (Å²) in [7, 11) is 1.58. The van der Waals surface area contributed by atoms with Gasteiger partial charge in [0.2, 0.25) is 0 Å². The minimum absolute atomic E-state index is 0.117. The summed E-state index contributed by atoms with van der Waals surface area (Å²) in [5.74, 6) is -1.11. The zero-order valence-electron chi connectivity index (χ0n) is 12.1. The number of thiophene rings is 1. The predicted molar refractivity (Wildman–Crippen MR) is 78.6 cm³/mol. The molecule has 0 atom stereocenters. The fourth-order valence-electron chi connectivity index (χ4n) is 1.64. The van der Waals surface area contributed by atoms with Gasteiger partial charge in [-0.2, -0.15) is 5.26 Å². The molecule has 1 aromatic heterocycles. The number of hydrogen-bond acceptors (Lipinski definition) is 5. The number of ether oxygens (including phenoxy) is 1. The number of nitrogens with zero attached hydrogens (tertiary/aromatic N) is 2. The second kappa shape index (κ2) is 8.27. The summed E-state index contributed by atoms with van der Waals surface area (Å²) >= 11 is 1.17. The number of carbonyl (C=O) groups is 2. The maximum Gasteiger partial charge on any atom is 0.349 e. The summed E-state index contributed by atoms with van der Waals surface area (Å²) in [6, 6.07) is 3.64. The van der Waals surface area contributed by atoms with Crippen molar-refractivity contribution in [2.45, 2.75) is 26.2 Å². The molecular weight excluding hydrogens is 292 g/mol. The lowest BCUT2D eigenvalue weighted by atomic mass is 10.3. The van der Waals surface area contributed by atoms with Crippen LogP contribution < -0.4 is 4.74 Å². The maximum atomic E-state index is 11.8. The number of carboxylic acid groups (broad SMARTS) is 1. The fourth-order valence-corrected chi connectivity index (χ4v) is 2.68. The van der Waals surface area contributed by atoms with E-state index in [0.717, 1.165) is 17.7 Å². The van der Waals surface area contributed by atoms with E-state index in [9.17, 15) is 9.59 Å². The van der Waals surface area contributed by atoms with E-state index in [4.69, 9.17) is 15.1 Å². The Balaban J connectivity index is 2.67. The zero-order chi connectivity index (χ0) is 15.8. The van der Waals surface area contributed by atoms with E-state index in [0.29, 0.717) is 6.54 Å². The summed E-state index contributed by atoms with van der Waals surface area (Å²) in [6.45, 7) is 2.11. The third kappa shape index (κ3) is 5.08. The second-order valence-electron chi connectivity index (χ2n) is 4.47. The number of hydrogen-bond donors (Lipinski definition) is 1. The van der Waals surface area contributed by atoms with E-state index in [2.05, 4.69) is 0 Å². The van der Waals surface area contributed by atoms with Crippen LogP contribution in [0.4, 0.5) is 0 Å². The normalized spacial score (nSPS) is 9.95. The lowest BCUT2D eigenvalue weighted by Gasteiger charge is -2.15. The lowest BCUT2D eigenvalue weighted by molar-refractivity contribution is -0.132. The van der Waals surface area contributed by atoms with Gasteiger partial charge < -0.3 is 14.7 Å². The van der Waals surface area contributed by atoms with Crippen molar-refractivity contribution in [2.24, 2.45) is 0 Å². The first-order valence-electron chi connectivity index (χ1n) is 6.59. The highest BCUT2D eigenvalue weighted by Crippen LogP contribution is 2.30. The molecule has 0 saturated heterocycles. The standard InChI is InChI=1S/C14H18N2O4S/c1-3-5-10-8-11(13(21-10)14(18)19)20-9-12(17)16(2)7-4-6-15/h8H,3-5,7,9H2,1-2H3,(H,18,19). The molecule has 6 nitrogen and oxygen atoms in total. The minimum atomic E-state index is -1.05. The molecular formula is C14H18N2O4S. The average Bonchev–Trinajstić information content (AvgIpc) is 2.85. The van der Waals surface area contributed by atoms with Gasteiger partial charge in [-0.1, -0.05) is 13.3 Å². The van der Waals surface area contributed by atoms with Crippen LogP contribution in [-0.2, 0) is 11.2 Å². The molecule has 0 spiro atoms. The highest BCUT2D eigenvalue weighted by Gasteiger charge is 2.18. The Morgan fingerprint density at radius 2 is 2.24 bits per heavy atom. The van der Waals surface area contributed by atoms with Gasteiger partial charge in [-0.25, -0.2) is 4.79 Å². The van der Waals surface area contributed by atoms with Gasteiger partial charge in [0, 0.05) is 18.5 Å². The largest absolute Gasteiger partial charge is 0.482 e. The molecule has 114 valence electrons. The Morgan fingerprint density at radius 1 is 1.52 bits per heavy atom. The van der Waals surface area contributed by atoms with Crippen molar-refractivity contribution in [1.29, 1.82) is 5.26 Å². The number of aromatic carboxylic acids is 1. The van der Waals surface area contributed by atoms with E-state index in [1.165, 1.54) is 16.2 Å². The molecule has 0 aromatic carbocycles. The van der Waals surface area contributed by atoms with Crippen molar-refractivity contribution in [3.63, 3.8) is 0 Å². The van der Waals surface area contributed by atoms with Gasteiger partial charge in [0.25, 0.3) is 5.91 Å². The molecule has 0 aliphatic heterocycles. The Labute approximate surface area is 127 Å². The Hall–Kier alpha value is -2.07. The third-order valence-corrected chi connectivity index (χ3v) is 3.94. The van der Waals surface area contributed by atoms with Crippen molar-refractivity contribution in [3.8, 4) is 11.8 Å². The van der Waals surface area contributed by atoms with Crippen LogP contribution in [0.2, 0.25) is 0 Å². The molecule has 1 heterocycles. The quantitative estimate of drug-likeness (QED) is 0.794. The number of amides is 1. The van der Waals surface area contributed by atoms with Gasteiger partial charge in [-0.15, -0.1) is 11.3 Å². The van der Waals surface area contributed by atoms with Gasteiger partial charge >= 0.3 is 5.97 Å². The summed E-state index contributed by atoms with van der Waals surface area (Å²) in [5, 5.41) is 17.6. The summed E-state index contributed by atoms with van der Waals surface area (Å²) in [5.41, 5.74) is 0. The van der Waals surface area contributed by atoms with Crippen molar-refractivity contribution in [2.75, 3.05) is 20.2 Å². The Morgan fingerprint density at radius 3 is 2.81 bits per heavy atom. The molecule has 0 fully saturated rings. The first kappa shape index (κ1) is 17.0. The number of carbonyl (C=O) groups excluding carboxylic acids is 1. The highest BCUT2D eigenvalue weighted by molar-refractivity contribution is 7.14. The maximum absolute atomic E-state index is 11.8. The Bertz CT molecular complexity index is 548. The van der Waals surface area contributed by atoms with Gasteiger partial charge in [-0.05, 0) is 12.5 Å². The van der Waals surface area contributed by atoms with Gasteiger partial charge in [0.15, 0.2) is 11.5 Å². The number of likely N-dealkylation sites (N-methyl/N-ethyl adjacent to an activating group) is 1. The van der Waals surface area contributed by atoms with Crippen molar-refractivity contribution < 1.29 is 19.4 Å². The summed E-state index contributed by atoms with van der Waals surface area (Å²) < 4.78 is 5.34. The summed E-state index contributed by atoms with van der Waals surface area (Å²) in [4.78, 5) is 25.4. The van der Waals surface area contributed by atoms with Crippen LogP contribution in [0.25, 0.3) is 0 Å². The van der Waals surface area contributed by atoms with E-state index < -0.39 is 5.97 Å². The number of rotatable bonds is 8. The molecule has 0 radical (unpaired) electrons. The Kier molecular flexibility index (Phi) is 6.69. The number of aryl methyl sites for hydroxylation is 1. The van der Waals surface area contributed by atoms with Crippen LogP contribution in [-0.4, -0.2) is 42.1 Å². The monoisotopic (exact) mass is 310 g/mol. The van der Waals surface area contributed by atoms with Crippen molar-refractivity contribution >= 4 is 23.2 Å². The third-order valence-electron chi connectivity index (χ3n) is 2.78. The zero-order valence-corrected chi connectivity index (χ0v) is 12.9. The van der Waals surface area contributed by atoms with Crippen molar-refractivity contribution in [1.82, 2.24) is 4.90 Å². The lowest BCUT2D eigenvalue weighted by Crippen LogP contribution is -2.32. The highest BCUT2D eigenvalue weighted by atomic mass is 32.1. The molecule has 1 aromatic rings. The first-order valence-corrected chi connectivity index (χ1v) is 7.41. The topological polar surface area (TPSA) is 90.6 Å². The van der Waals surface area contributed by atoms with Crippen LogP contribution in [0, 0.1) is 11.3 Å². The molecule has 1 rings (SSSR count). The molecule has 0 aliphatic rings. The summed E-state index contributed by atoms with van der Waals surface area (Å²) in [6.07, 6.45) is 1.95. The second-order valence-corrected chi connectivity index (χ2v) is 5.61.